The molecule has 0 bridgehead atoms. The third kappa shape index (κ3) is 41.9. The zero-order valence-electron chi connectivity index (χ0n) is 36.0. The van der Waals surface area contributed by atoms with Crippen LogP contribution in [0.15, 0.2) is 48.6 Å². The lowest BCUT2D eigenvalue weighted by molar-refractivity contribution is -0.161. The van der Waals surface area contributed by atoms with Crippen LogP contribution in [0.1, 0.15) is 194 Å². The van der Waals surface area contributed by atoms with E-state index in [1.807, 2.05) is 0 Å². The van der Waals surface area contributed by atoms with Crippen molar-refractivity contribution in [2.45, 2.75) is 206 Å². The number of rotatable bonds is 42. The second-order valence-electron chi connectivity index (χ2n) is 15.1. The first kappa shape index (κ1) is 54.9. The lowest BCUT2D eigenvalue weighted by Crippen LogP contribution is -2.29. The summed E-state index contributed by atoms with van der Waals surface area (Å²) in [5.41, 5.74) is 0. The molecular formula is C46H83O10P. The highest BCUT2D eigenvalue weighted by Crippen LogP contribution is 2.43. The summed E-state index contributed by atoms with van der Waals surface area (Å²) >= 11 is 0. The van der Waals surface area contributed by atoms with Crippen LogP contribution in [-0.4, -0.2) is 65.7 Å². The van der Waals surface area contributed by atoms with E-state index >= 15 is 0 Å². The van der Waals surface area contributed by atoms with E-state index < -0.39 is 51.8 Å². The molecule has 0 aliphatic carbocycles. The fourth-order valence-electron chi connectivity index (χ4n) is 5.98. The Labute approximate surface area is 347 Å². The maximum Gasteiger partial charge on any atom is 0.472 e. The van der Waals surface area contributed by atoms with E-state index in [-0.39, 0.29) is 19.4 Å². The van der Waals surface area contributed by atoms with Gasteiger partial charge in [0.1, 0.15) is 12.7 Å². The second kappa shape index (κ2) is 42.1. The Hall–Kier alpha value is -2.07. The van der Waals surface area contributed by atoms with Crippen molar-refractivity contribution >= 4 is 19.8 Å². The molecule has 0 fully saturated rings. The molecule has 0 aromatic carbocycles. The average molecular weight is 827 g/mol. The zero-order chi connectivity index (χ0) is 41.9. The monoisotopic (exact) mass is 827 g/mol. The van der Waals surface area contributed by atoms with Crippen molar-refractivity contribution in [2.24, 2.45) is 0 Å². The van der Waals surface area contributed by atoms with Gasteiger partial charge in [-0.15, -0.1) is 0 Å². The van der Waals surface area contributed by atoms with E-state index in [2.05, 4.69) is 67.0 Å². The van der Waals surface area contributed by atoms with Crippen LogP contribution < -0.4 is 0 Å². The first-order valence-corrected chi connectivity index (χ1v) is 24.1. The van der Waals surface area contributed by atoms with E-state index in [0.717, 1.165) is 57.8 Å². The molecule has 332 valence electrons. The number of unbranched alkanes of at least 4 members (excludes halogenated alkanes) is 20. The van der Waals surface area contributed by atoms with Crippen molar-refractivity contribution in [3.8, 4) is 0 Å². The third-order valence-electron chi connectivity index (χ3n) is 9.49. The summed E-state index contributed by atoms with van der Waals surface area (Å²) in [6, 6.07) is 0. The number of allylic oxidation sites excluding steroid dienone is 8. The van der Waals surface area contributed by atoms with Crippen LogP contribution >= 0.6 is 7.82 Å². The number of phosphoric acid groups is 1. The molecular weight excluding hydrogens is 743 g/mol. The average Bonchev–Trinajstić information content (AvgIpc) is 3.20. The summed E-state index contributed by atoms with van der Waals surface area (Å²) in [6.07, 6.45) is 45.0. The minimum Gasteiger partial charge on any atom is -0.462 e. The second-order valence-corrected chi connectivity index (χ2v) is 16.5. The van der Waals surface area contributed by atoms with Crippen LogP contribution in [-0.2, 0) is 32.7 Å². The van der Waals surface area contributed by atoms with Gasteiger partial charge in [0.15, 0.2) is 6.10 Å². The lowest BCUT2D eigenvalue weighted by Gasteiger charge is -2.20. The summed E-state index contributed by atoms with van der Waals surface area (Å²) < 4.78 is 32.7. The van der Waals surface area contributed by atoms with Gasteiger partial charge in [0.2, 0.25) is 0 Å². The molecule has 0 aliphatic rings. The zero-order valence-corrected chi connectivity index (χ0v) is 36.9. The highest BCUT2D eigenvalue weighted by molar-refractivity contribution is 7.47. The van der Waals surface area contributed by atoms with Crippen LogP contribution in [0.5, 0.6) is 0 Å². The predicted octanol–water partition coefficient (Wildman–Crippen LogP) is 12.1. The van der Waals surface area contributed by atoms with Crippen LogP contribution in [0.4, 0.5) is 0 Å². The Morgan fingerprint density at radius 3 is 1.40 bits per heavy atom. The molecule has 11 heteroatoms. The van der Waals surface area contributed by atoms with Gasteiger partial charge in [0.25, 0.3) is 0 Å². The molecule has 0 radical (unpaired) electrons. The van der Waals surface area contributed by atoms with Gasteiger partial charge >= 0.3 is 19.8 Å². The largest absolute Gasteiger partial charge is 0.472 e. The summed E-state index contributed by atoms with van der Waals surface area (Å²) in [7, 11) is -4.63. The molecule has 0 saturated carbocycles. The van der Waals surface area contributed by atoms with Gasteiger partial charge in [-0.2, -0.15) is 0 Å². The minimum absolute atomic E-state index is 0.147. The number of phosphoric ester groups is 1. The van der Waals surface area contributed by atoms with Gasteiger partial charge in [0, 0.05) is 12.8 Å². The van der Waals surface area contributed by atoms with Crippen molar-refractivity contribution in [3.05, 3.63) is 48.6 Å². The number of aliphatic hydroxyl groups excluding tert-OH is 2. The highest BCUT2D eigenvalue weighted by atomic mass is 31.2. The summed E-state index contributed by atoms with van der Waals surface area (Å²) in [5.74, 6) is -0.957. The lowest BCUT2D eigenvalue weighted by atomic mass is 10.0. The first-order valence-electron chi connectivity index (χ1n) is 22.6. The van der Waals surface area contributed by atoms with Crippen molar-refractivity contribution in [2.75, 3.05) is 26.4 Å². The number of ether oxygens (including phenoxy) is 2. The molecule has 57 heavy (non-hydrogen) atoms. The molecule has 0 spiro atoms. The van der Waals surface area contributed by atoms with Gasteiger partial charge < -0.3 is 24.6 Å². The SMILES string of the molecule is CCCCCC=CCC=CCC=CCC=CCCCCCC(=O)OC(COC(=O)CCCCCCCCCCCCCCCCC)COP(=O)(O)OCC(O)CO. The van der Waals surface area contributed by atoms with E-state index in [9.17, 15) is 24.2 Å². The number of hydrogen-bond acceptors (Lipinski definition) is 9. The molecule has 0 aromatic rings. The Kier molecular flexibility index (Phi) is 40.5. The highest BCUT2D eigenvalue weighted by Gasteiger charge is 2.27. The van der Waals surface area contributed by atoms with Crippen molar-refractivity contribution < 1.29 is 47.8 Å². The maximum absolute atomic E-state index is 12.6. The summed E-state index contributed by atoms with van der Waals surface area (Å²) in [4.78, 5) is 35.0. The topological polar surface area (TPSA) is 149 Å². The summed E-state index contributed by atoms with van der Waals surface area (Å²) in [5, 5.41) is 18.3. The Morgan fingerprint density at radius 1 is 0.526 bits per heavy atom. The van der Waals surface area contributed by atoms with Crippen LogP contribution in [0, 0.1) is 0 Å². The third-order valence-corrected chi connectivity index (χ3v) is 10.4. The molecule has 10 nitrogen and oxygen atoms in total. The van der Waals surface area contributed by atoms with Gasteiger partial charge in [-0.3, -0.25) is 18.6 Å². The molecule has 0 heterocycles. The van der Waals surface area contributed by atoms with Crippen LogP contribution in [0.2, 0.25) is 0 Å². The first-order chi connectivity index (χ1) is 27.7. The Balaban J connectivity index is 4.34. The van der Waals surface area contributed by atoms with Gasteiger partial charge in [-0.25, -0.2) is 4.57 Å². The van der Waals surface area contributed by atoms with E-state index in [0.29, 0.717) is 12.8 Å². The standard InChI is InChI=1S/C46H83O10P/c1-3-5-7-9-11-13-15-17-19-20-21-22-24-26-28-30-32-34-36-38-46(50)56-44(42-55-57(51,52)54-40-43(48)39-47)41-53-45(49)37-35-33-31-29-27-25-23-18-16-14-12-10-8-6-4-2/h11,13,17,19,21-22,26,28,43-44,47-48H,3-10,12,14-16,18,20,23-25,27,29-42H2,1-2H3,(H,51,52). The molecule has 3 unspecified atom stereocenters. The van der Waals surface area contributed by atoms with Crippen LogP contribution in [0.25, 0.3) is 0 Å². The molecule has 0 rings (SSSR count). The Morgan fingerprint density at radius 2 is 0.912 bits per heavy atom. The molecule has 3 atom stereocenters. The number of esters is 2. The number of carbonyl (C=O) groups is 2. The van der Waals surface area contributed by atoms with Crippen LogP contribution in [0.3, 0.4) is 0 Å². The fraction of sp³-hybridized carbons (Fsp3) is 0.783. The molecule has 0 amide bonds. The quantitative estimate of drug-likeness (QED) is 0.0235. The summed E-state index contributed by atoms with van der Waals surface area (Å²) in [6.45, 7) is 2.33. The molecule has 0 aromatic heterocycles. The minimum atomic E-state index is -4.63. The maximum atomic E-state index is 12.6. The molecule has 0 aliphatic heterocycles. The fourth-order valence-corrected chi connectivity index (χ4v) is 6.77. The van der Waals surface area contributed by atoms with Crippen molar-refractivity contribution in [3.63, 3.8) is 0 Å². The van der Waals surface area contributed by atoms with E-state index in [1.54, 1.807) is 0 Å². The van der Waals surface area contributed by atoms with Crippen molar-refractivity contribution in [1.29, 1.82) is 0 Å². The van der Waals surface area contributed by atoms with E-state index in [4.69, 9.17) is 19.1 Å². The normalized spacial score (nSPS) is 14.3. The smallest absolute Gasteiger partial charge is 0.462 e. The number of aliphatic hydroxyl groups is 2. The van der Waals surface area contributed by atoms with Gasteiger partial charge in [-0.1, -0.05) is 172 Å². The number of hydrogen-bond donors (Lipinski definition) is 3. The van der Waals surface area contributed by atoms with E-state index in [1.165, 1.54) is 96.3 Å². The molecule has 3 N–H and O–H groups in total. The number of carbonyl (C=O) groups excluding carboxylic acids is 2. The van der Waals surface area contributed by atoms with Gasteiger partial charge in [0.05, 0.1) is 19.8 Å². The Bertz CT molecular complexity index is 1090. The predicted molar refractivity (Wildman–Crippen MR) is 233 cm³/mol. The van der Waals surface area contributed by atoms with Gasteiger partial charge in [-0.05, 0) is 57.8 Å². The molecule has 0 saturated heterocycles. The van der Waals surface area contributed by atoms with Crippen molar-refractivity contribution in [1.82, 2.24) is 0 Å².